The molecule has 0 aliphatic heterocycles. The van der Waals surface area contributed by atoms with E-state index in [-0.39, 0.29) is 21.9 Å². The molecule has 0 bridgehead atoms. The molecule has 0 amide bonds. The minimum Gasteiger partial charge on any atom is -0.392 e. The van der Waals surface area contributed by atoms with E-state index in [1.54, 1.807) is 0 Å². The van der Waals surface area contributed by atoms with Crippen molar-refractivity contribution in [1.82, 2.24) is 4.72 Å². The number of aliphatic hydroxyl groups is 1. The largest absolute Gasteiger partial charge is 0.392 e. The highest BCUT2D eigenvalue weighted by atomic mass is 35.5. The van der Waals surface area contributed by atoms with Crippen LogP contribution in [0.25, 0.3) is 0 Å². The van der Waals surface area contributed by atoms with E-state index >= 15 is 0 Å². The Hall–Kier alpha value is -0.620. The molecular weight excluding hydrogens is 310 g/mol. The molecule has 0 aromatic heterocycles. The summed E-state index contributed by atoms with van der Waals surface area (Å²) >= 11 is 5.96. The van der Waals surface area contributed by atoms with E-state index in [4.69, 9.17) is 16.7 Å². The van der Waals surface area contributed by atoms with Crippen LogP contribution in [-0.4, -0.2) is 19.1 Å². The molecule has 2 N–H and O–H groups in total. The van der Waals surface area contributed by atoms with Gasteiger partial charge in [0.2, 0.25) is 10.0 Å². The molecule has 0 spiro atoms. The zero-order chi connectivity index (χ0) is 16.5. The van der Waals surface area contributed by atoms with Crippen molar-refractivity contribution in [2.45, 2.75) is 58.1 Å². The lowest BCUT2D eigenvalue weighted by Crippen LogP contribution is -2.45. The Kier molecular flexibility index (Phi) is 5.48. The number of sulfonamides is 1. The van der Waals surface area contributed by atoms with Gasteiger partial charge in [0.1, 0.15) is 0 Å². The summed E-state index contributed by atoms with van der Waals surface area (Å²) in [6.07, 6.45) is 0.696. The molecule has 1 aromatic rings. The van der Waals surface area contributed by atoms with Crippen molar-refractivity contribution in [2.24, 2.45) is 5.41 Å². The molecular formula is C15H24ClNO3S. The van der Waals surface area contributed by atoms with Crippen LogP contribution in [0.4, 0.5) is 0 Å². The predicted octanol–water partition coefficient (Wildman–Crippen LogP) is 3.33. The summed E-state index contributed by atoms with van der Waals surface area (Å²) in [4.78, 5) is 0.103. The van der Waals surface area contributed by atoms with Crippen LogP contribution in [0, 0.1) is 5.41 Å². The number of rotatable bonds is 5. The van der Waals surface area contributed by atoms with Crippen molar-refractivity contribution < 1.29 is 13.5 Å². The number of benzene rings is 1. The third-order valence-corrected chi connectivity index (χ3v) is 4.94. The topological polar surface area (TPSA) is 66.4 Å². The lowest BCUT2D eigenvalue weighted by Gasteiger charge is -2.33. The number of nitrogens with one attached hydrogen (secondary N) is 1. The first-order chi connectivity index (χ1) is 9.36. The molecule has 4 nitrogen and oxygen atoms in total. The van der Waals surface area contributed by atoms with Gasteiger partial charge in [-0.3, -0.25) is 0 Å². The highest BCUT2D eigenvalue weighted by Gasteiger charge is 2.30. The Morgan fingerprint density at radius 3 is 2.19 bits per heavy atom. The van der Waals surface area contributed by atoms with E-state index < -0.39 is 15.6 Å². The van der Waals surface area contributed by atoms with Crippen molar-refractivity contribution in [2.75, 3.05) is 0 Å². The summed E-state index contributed by atoms with van der Waals surface area (Å²) in [6, 6.07) is 4.34. The van der Waals surface area contributed by atoms with Gasteiger partial charge in [-0.05, 0) is 43.4 Å². The van der Waals surface area contributed by atoms with Gasteiger partial charge in [0, 0.05) is 10.6 Å². The second kappa shape index (κ2) is 6.24. The lowest BCUT2D eigenvalue weighted by molar-refractivity contribution is 0.269. The van der Waals surface area contributed by atoms with Crippen molar-refractivity contribution in [3.8, 4) is 0 Å². The number of halogens is 1. The molecule has 0 atom stereocenters. The van der Waals surface area contributed by atoms with Crippen molar-refractivity contribution in [3.63, 3.8) is 0 Å². The fourth-order valence-electron chi connectivity index (χ4n) is 2.61. The smallest absolute Gasteiger partial charge is 0.241 e. The van der Waals surface area contributed by atoms with Gasteiger partial charge < -0.3 is 5.11 Å². The van der Waals surface area contributed by atoms with Gasteiger partial charge >= 0.3 is 0 Å². The fourth-order valence-corrected chi connectivity index (χ4v) is 4.35. The first-order valence-corrected chi connectivity index (χ1v) is 8.66. The molecule has 6 heteroatoms. The second-order valence-corrected chi connectivity index (χ2v) is 9.23. The van der Waals surface area contributed by atoms with Crippen molar-refractivity contribution in [3.05, 3.63) is 28.8 Å². The monoisotopic (exact) mass is 333 g/mol. The van der Waals surface area contributed by atoms with Crippen LogP contribution in [0.1, 0.15) is 46.6 Å². The van der Waals surface area contributed by atoms with Crippen LogP contribution in [0.3, 0.4) is 0 Å². The van der Waals surface area contributed by atoms with Crippen molar-refractivity contribution in [1.29, 1.82) is 0 Å². The van der Waals surface area contributed by atoms with Gasteiger partial charge in [0.25, 0.3) is 0 Å². The predicted molar refractivity (Wildman–Crippen MR) is 85.8 cm³/mol. The zero-order valence-electron chi connectivity index (χ0n) is 13.2. The normalized spacial score (nSPS) is 13.5. The maximum Gasteiger partial charge on any atom is 0.241 e. The first-order valence-electron chi connectivity index (χ1n) is 6.80. The number of hydrogen-bond donors (Lipinski definition) is 2. The second-order valence-electron chi connectivity index (χ2n) is 7.14. The SMILES string of the molecule is CC(C)(C)CC(C)(C)NS(=O)(=O)c1ccc(CO)c(Cl)c1. The molecule has 0 heterocycles. The van der Waals surface area contributed by atoms with Gasteiger partial charge in [-0.2, -0.15) is 0 Å². The summed E-state index contributed by atoms with van der Waals surface area (Å²) in [6.45, 7) is 9.70. The van der Waals surface area contributed by atoms with Gasteiger partial charge in [-0.15, -0.1) is 0 Å². The average molecular weight is 334 g/mol. The van der Waals surface area contributed by atoms with Crippen LogP contribution in [0.2, 0.25) is 5.02 Å². The Bertz CT molecular complexity index is 604. The van der Waals surface area contributed by atoms with Crippen LogP contribution < -0.4 is 4.72 Å². The molecule has 0 saturated heterocycles. The minimum atomic E-state index is -3.65. The Morgan fingerprint density at radius 2 is 1.76 bits per heavy atom. The molecule has 0 aliphatic rings. The van der Waals surface area contributed by atoms with E-state index in [0.29, 0.717) is 12.0 Å². The van der Waals surface area contributed by atoms with Gasteiger partial charge in [0.05, 0.1) is 11.5 Å². The molecule has 0 aliphatic carbocycles. The fraction of sp³-hybridized carbons (Fsp3) is 0.600. The molecule has 1 aromatic carbocycles. The van der Waals surface area contributed by atoms with E-state index in [9.17, 15) is 8.42 Å². The van der Waals surface area contributed by atoms with E-state index in [1.165, 1.54) is 18.2 Å². The Labute approximate surface area is 132 Å². The van der Waals surface area contributed by atoms with Crippen molar-refractivity contribution >= 4 is 21.6 Å². The molecule has 0 radical (unpaired) electrons. The Balaban J connectivity index is 3.04. The maximum absolute atomic E-state index is 12.5. The van der Waals surface area contributed by atoms with Crippen LogP contribution >= 0.6 is 11.6 Å². The third kappa shape index (κ3) is 5.58. The summed E-state index contributed by atoms with van der Waals surface area (Å²) in [5.41, 5.74) is -0.0616. The third-order valence-electron chi connectivity index (χ3n) is 2.89. The van der Waals surface area contributed by atoms with Gasteiger partial charge in [0.15, 0.2) is 0 Å². The summed E-state index contributed by atoms with van der Waals surface area (Å²) < 4.78 is 27.6. The summed E-state index contributed by atoms with van der Waals surface area (Å²) in [5.74, 6) is 0. The molecule has 21 heavy (non-hydrogen) atoms. The first kappa shape index (κ1) is 18.4. The molecule has 120 valence electrons. The number of aliphatic hydroxyl groups excluding tert-OH is 1. The highest BCUT2D eigenvalue weighted by Crippen LogP contribution is 2.29. The zero-order valence-corrected chi connectivity index (χ0v) is 14.8. The van der Waals surface area contributed by atoms with E-state index in [1.807, 2.05) is 13.8 Å². The summed E-state index contributed by atoms with van der Waals surface area (Å²) in [7, 11) is -3.65. The highest BCUT2D eigenvalue weighted by molar-refractivity contribution is 7.89. The minimum absolute atomic E-state index is 0.00438. The molecule has 0 saturated carbocycles. The molecule has 0 unspecified atom stereocenters. The molecule has 0 fully saturated rings. The standard InChI is InChI=1S/C15H24ClNO3S/c1-14(2,3)10-15(4,5)17-21(19,20)12-7-6-11(9-18)13(16)8-12/h6-8,17-18H,9-10H2,1-5H3. The molecule has 1 rings (SSSR count). The van der Waals surface area contributed by atoms with E-state index in [0.717, 1.165) is 0 Å². The van der Waals surface area contributed by atoms with Gasteiger partial charge in [-0.25, -0.2) is 13.1 Å². The summed E-state index contributed by atoms with van der Waals surface area (Å²) in [5, 5.41) is 9.32. The van der Waals surface area contributed by atoms with E-state index in [2.05, 4.69) is 25.5 Å². The average Bonchev–Trinajstić information content (AvgIpc) is 2.23. The quantitative estimate of drug-likeness (QED) is 0.868. The van der Waals surface area contributed by atoms with Crippen LogP contribution in [0.5, 0.6) is 0 Å². The number of hydrogen-bond acceptors (Lipinski definition) is 3. The van der Waals surface area contributed by atoms with Gasteiger partial charge in [-0.1, -0.05) is 38.4 Å². The van der Waals surface area contributed by atoms with Crippen LogP contribution in [-0.2, 0) is 16.6 Å². The Morgan fingerprint density at radius 1 is 1.19 bits per heavy atom. The van der Waals surface area contributed by atoms with Crippen LogP contribution in [0.15, 0.2) is 23.1 Å². The lowest BCUT2D eigenvalue weighted by atomic mass is 9.82. The maximum atomic E-state index is 12.5.